The molecule has 13 heteroatoms. The van der Waals surface area contributed by atoms with Gasteiger partial charge in [-0.25, -0.2) is 19.9 Å². The third-order valence-corrected chi connectivity index (χ3v) is 9.72. The highest BCUT2D eigenvalue weighted by molar-refractivity contribution is 7.97. The van der Waals surface area contributed by atoms with E-state index < -0.39 is 17.9 Å². The van der Waals surface area contributed by atoms with Gasteiger partial charge in [-0.3, -0.25) is 9.52 Å². The number of fused-ring (bicyclic) bond motifs is 6. The van der Waals surface area contributed by atoms with E-state index in [1.54, 1.807) is 36.4 Å². The number of nitrogens with one attached hydrogen (secondary N) is 2. The number of hydrogen-bond donors (Lipinski definition) is 2. The number of ether oxygens (including phenoxy) is 1. The van der Waals surface area contributed by atoms with Crippen LogP contribution in [0.1, 0.15) is 88.1 Å². The molecule has 4 bridgehead atoms. The first-order valence-corrected chi connectivity index (χ1v) is 17.6. The highest BCUT2D eigenvalue weighted by atomic mass is 32.2. The fraction of sp³-hybridized carbons (Fsp3) is 0.432. The molecule has 2 atom stereocenters. The Balaban J connectivity index is 1.34. The number of amides is 1. The molecule has 2 N–H and O–H groups in total. The first-order valence-electron chi connectivity index (χ1n) is 16.8. The fourth-order valence-corrected chi connectivity index (χ4v) is 7.01. The van der Waals surface area contributed by atoms with Gasteiger partial charge in [0.25, 0.3) is 5.91 Å². The lowest BCUT2D eigenvalue weighted by Crippen LogP contribution is -2.40. The Hall–Kier alpha value is -4.39. The lowest BCUT2D eigenvalue weighted by molar-refractivity contribution is -0.141. The molecular formula is C37H42F3N7O2S. The summed E-state index contributed by atoms with van der Waals surface area (Å²) < 4.78 is 49.8. The maximum atomic E-state index is 13.8. The molecular weight excluding hydrogens is 664 g/mol. The molecule has 50 heavy (non-hydrogen) atoms. The van der Waals surface area contributed by atoms with E-state index in [1.165, 1.54) is 6.07 Å². The smallest absolute Gasteiger partial charge is 0.433 e. The van der Waals surface area contributed by atoms with Crippen LogP contribution in [-0.4, -0.2) is 44.5 Å². The summed E-state index contributed by atoms with van der Waals surface area (Å²) >= 11 is 1.06. The molecule has 4 aromatic heterocycles. The zero-order valence-corrected chi connectivity index (χ0v) is 29.7. The van der Waals surface area contributed by atoms with E-state index in [2.05, 4.69) is 59.5 Å². The fourth-order valence-electron chi connectivity index (χ4n) is 6.41. The number of rotatable bonds is 5. The standard InChI is InChI=1S/C37H42F3N7O2S/c1-35(2,3)19-20-49-31-13-7-10-26(43-31)28-18-16-24-33(44-28)47-22-23(21-36(47,4)5)15-17-27(25-9-6-11-29(41-25)37(38,39)40)42-30-12-8-14-32(45-30)50-46-34(24)48/h6-14,16,18,23,27H,15,17,19-22H2,1-5H3,(H,42,45)(H,46,48)/t23-,27+/m0/s1. The number of anilines is 2. The van der Waals surface area contributed by atoms with Gasteiger partial charge < -0.3 is 15.0 Å². The molecule has 264 valence electrons. The van der Waals surface area contributed by atoms with Crippen LogP contribution in [0.3, 0.4) is 0 Å². The number of pyridine rings is 4. The van der Waals surface area contributed by atoms with Crippen LogP contribution in [-0.2, 0) is 6.18 Å². The number of carbonyl (C=O) groups is 1. The van der Waals surface area contributed by atoms with Gasteiger partial charge >= 0.3 is 6.18 Å². The number of hydrogen-bond acceptors (Lipinski definition) is 9. The minimum absolute atomic E-state index is 0.131. The van der Waals surface area contributed by atoms with E-state index in [4.69, 9.17) is 14.7 Å². The third-order valence-electron chi connectivity index (χ3n) is 9.00. The largest absolute Gasteiger partial charge is 0.478 e. The van der Waals surface area contributed by atoms with Gasteiger partial charge in [0.15, 0.2) is 0 Å². The Morgan fingerprint density at radius 2 is 1.68 bits per heavy atom. The molecule has 4 aromatic rings. The van der Waals surface area contributed by atoms with Crippen LogP contribution in [0.15, 0.2) is 71.8 Å². The van der Waals surface area contributed by atoms with Crippen molar-refractivity contribution in [2.45, 2.75) is 83.1 Å². The highest BCUT2D eigenvalue weighted by Gasteiger charge is 2.41. The van der Waals surface area contributed by atoms with E-state index in [9.17, 15) is 18.0 Å². The van der Waals surface area contributed by atoms with Crippen molar-refractivity contribution in [1.29, 1.82) is 0 Å². The number of nitrogens with zero attached hydrogens (tertiary/aromatic N) is 5. The van der Waals surface area contributed by atoms with Crippen LogP contribution in [0.4, 0.5) is 24.8 Å². The number of halogens is 3. The molecule has 0 radical (unpaired) electrons. The Morgan fingerprint density at radius 1 is 0.920 bits per heavy atom. The second-order valence-electron chi connectivity index (χ2n) is 14.7. The third kappa shape index (κ3) is 8.48. The molecule has 0 spiro atoms. The average Bonchev–Trinajstić information content (AvgIpc) is 3.37. The molecule has 6 rings (SSSR count). The zero-order chi connectivity index (χ0) is 35.7. The van der Waals surface area contributed by atoms with Gasteiger partial charge in [0, 0.05) is 30.1 Å². The molecule has 0 aromatic carbocycles. The summed E-state index contributed by atoms with van der Waals surface area (Å²) in [6.45, 7) is 11.9. The lowest BCUT2D eigenvalue weighted by Gasteiger charge is -2.34. The van der Waals surface area contributed by atoms with Gasteiger partial charge in [-0.05, 0) is 93.3 Å². The van der Waals surface area contributed by atoms with E-state index >= 15 is 0 Å². The molecule has 2 aliphatic rings. The summed E-state index contributed by atoms with van der Waals surface area (Å²) in [5.74, 6) is 1.36. The average molecular weight is 706 g/mol. The van der Waals surface area contributed by atoms with Crippen molar-refractivity contribution >= 4 is 29.5 Å². The summed E-state index contributed by atoms with van der Waals surface area (Å²) in [5.41, 5.74) is 0.774. The summed E-state index contributed by atoms with van der Waals surface area (Å²) in [6, 6.07) is 17.9. The van der Waals surface area contributed by atoms with Crippen molar-refractivity contribution in [3.63, 3.8) is 0 Å². The summed E-state index contributed by atoms with van der Waals surface area (Å²) in [6.07, 6.45) is -1.68. The van der Waals surface area contributed by atoms with Gasteiger partial charge in [-0.15, -0.1) is 0 Å². The second-order valence-corrected chi connectivity index (χ2v) is 15.5. The minimum Gasteiger partial charge on any atom is -0.478 e. The van der Waals surface area contributed by atoms with Crippen LogP contribution < -0.4 is 19.7 Å². The van der Waals surface area contributed by atoms with Crippen LogP contribution in [0.25, 0.3) is 11.4 Å². The maximum Gasteiger partial charge on any atom is 0.433 e. The zero-order valence-electron chi connectivity index (χ0n) is 28.8. The Bertz CT molecular complexity index is 1850. The van der Waals surface area contributed by atoms with E-state index in [0.29, 0.717) is 71.2 Å². The number of carbonyl (C=O) groups excluding carboxylic acids is 1. The molecule has 1 amide bonds. The van der Waals surface area contributed by atoms with Crippen LogP contribution in [0.5, 0.6) is 5.88 Å². The second kappa shape index (κ2) is 14.1. The number of alkyl halides is 3. The maximum absolute atomic E-state index is 13.8. The van der Waals surface area contributed by atoms with Crippen LogP contribution >= 0.6 is 11.9 Å². The lowest BCUT2D eigenvalue weighted by atomic mass is 9.91. The molecule has 1 saturated heterocycles. The first kappa shape index (κ1) is 35.4. The quantitative estimate of drug-likeness (QED) is 0.197. The van der Waals surface area contributed by atoms with Gasteiger partial charge in [0.05, 0.1) is 35.3 Å². The minimum atomic E-state index is -4.56. The SMILES string of the molecule is CC(C)(C)CCOc1cccc(-c2ccc3c(n2)N2C[C@@H](CC[C@H](c4cccc(C(F)(F)F)n4)Nc4cccc(n4)SNC3=O)CC2(C)C)n1. The molecule has 9 nitrogen and oxygen atoms in total. The molecule has 2 aliphatic heterocycles. The van der Waals surface area contributed by atoms with Crippen molar-refractivity contribution in [2.75, 3.05) is 23.4 Å². The van der Waals surface area contributed by atoms with Gasteiger partial charge in [0.1, 0.15) is 22.4 Å². The van der Waals surface area contributed by atoms with Crippen molar-refractivity contribution in [1.82, 2.24) is 24.7 Å². The number of aromatic nitrogens is 4. The predicted octanol–water partition coefficient (Wildman–Crippen LogP) is 8.76. The summed E-state index contributed by atoms with van der Waals surface area (Å²) in [5, 5.41) is 3.84. The van der Waals surface area contributed by atoms with Crippen LogP contribution in [0, 0.1) is 11.3 Å². The molecule has 0 unspecified atom stereocenters. The first-order chi connectivity index (χ1) is 23.6. The topological polar surface area (TPSA) is 105 Å². The Kier molecular flexibility index (Phi) is 9.98. The van der Waals surface area contributed by atoms with Crippen molar-refractivity contribution < 1.29 is 22.7 Å². The summed E-state index contributed by atoms with van der Waals surface area (Å²) in [7, 11) is 0. The van der Waals surface area contributed by atoms with Gasteiger partial charge in [0.2, 0.25) is 5.88 Å². The molecule has 1 fully saturated rings. The molecule has 0 aliphatic carbocycles. The summed E-state index contributed by atoms with van der Waals surface area (Å²) in [4.78, 5) is 34.4. The Morgan fingerprint density at radius 3 is 2.46 bits per heavy atom. The monoisotopic (exact) mass is 705 g/mol. The highest BCUT2D eigenvalue weighted by Crippen LogP contribution is 2.41. The van der Waals surface area contributed by atoms with Crippen molar-refractivity contribution in [3.05, 3.63) is 83.7 Å². The van der Waals surface area contributed by atoms with E-state index in [-0.39, 0.29) is 22.8 Å². The normalized spacial score (nSPS) is 19.4. The van der Waals surface area contributed by atoms with Crippen LogP contribution in [0.2, 0.25) is 0 Å². The van der Waals surface area contributed by atoms with E-state index in [0.717, 1.165) is 30.9 Å². The molecule has 0 saturated carbocycles. The molecule has 6 heterocycles. The predicted molar refractivity (Wildman–Crippen MR) is 189 cm³/mol. The van der Waals surface area contributed by atoms with Gasteiger partial charge in [-0.2, -0.15) is 13.2 Å². The van der Waals surface area contributed by atoms with E-state index in [1.807, 2.05) is 18.2 Å². The Labute approximate surface area is 295 Å². The van der Waals surface area contributed by atoms with Gasteiger partial charge in [-0.1, -0.05) is 39.0 Å². The van der Waals surface area contributed by atoms with Crippen molar-refractivity contribution in [2.24, 2.45) is 11.3 Å². The van der Waals surface area contributed by atoms with Crippen molar-refractivity contribution in [3.8, 4) is 17.3 Å².